The fraction of sp³-hybridized carbons (Fsp3) is 0.786. The summed E-state index contributed by atoms with van der Waals surface area (Å²) in [6.07, 6.45) is -8.39. The Balaban J connectivity index is 2.50. The van der Waals surface area contributed by atoms with Crippen LogP contribution < -0.4 is 0 Å². The van der Waals surface area contributed by atoms with E-state index >= 15 is 0 Å². The van der Waals surface area contributed by atoms with Gasteiger partial charge in [0.15, 0.2) is 12.2 Å². The lowest BCUT2D eigenvalue weighted by Gasteiger charge is -2.64. The largest absolute Gasteiger partial charge is 0.462 e. The Morgan fingerprint density at radius 1 is 0.850 bits per heavy atom. The Morgan fingerprint density at radius 3 is 1.85 bits per heavy atom. The number of aliphatic hydroxyl groups is 4. The Bertz CT molecular complexity index is 1080. The zero-order chi connectivity index (χ0) is 30.5. The molecule has 2 saturated carbocycles. The Morgan fingerprint density at radius 2 is 1.38 bits per heavy atom. The minimum Gasteiger partial charge on any atom is -0.462 e. The molecule has 0 unspecified atom stereocenters. The first-order chi connectivity index (χ1) is 18.3. The zero-order valence-electron chi connectivity index (χ0n) is 24.3. The maximum Gasteiger partial charge on any atom is 0.303 e. The molecule has 3 rings (SSSR count). The molecule has 0 amide bonds. The summed E-state index contributed by atoms with van der Waals surface area (Å²) in [5.74, 6) is -5.13. The lowest BCUT2D eigenvalue weighted by molar-refractivity contribution is -0.296. The summed E-state index contributed by atoms with van der Waals surface area (Å²) in [5.41, 5.74) is -4.09. The van der Waals surface area contributed by atoms with E-state index in [2.05, 4.69) is 0 Å². The highest BCUT2D eigenvalue weighted by atomic mass is 16.6. The first-order valence-electron chi connectivity index (χ1n) is 13.4. The molecule has 0 aromatic heterocycles. The molecule has 0 aromatic carbocycles. The molecule has 10 atom stereocenters. The Labute approximate surface area is 233 Å². The molecule has 12 nitrogen and oxygen atoms in total. The number of rotatable bonds is 5. The minimum atomic E-state index is -2.36. The van der Waals surface area contributed by atoms with Crippen LogP contribution in [-0.4, -0.2) is 93.1 Å². The SMILES string of the molecule is CC(=O)O[C@H]1C[C@H]2[C@@H](O)[C@@H]3[C@](O)(CO)[C@@H](O)C[C@H](OC(C)=O)[C@@]3(C)[C@@H](OC(C)=O)[C@H](OC(C)=O)C(=C1C)C2(C)C. The van der Waals surface area contributed by atoms with Gasteiger partial charge in [-0.2, -0.15) is 0 Å². The summed E-state index contributed by atoms with van der Waals surface area (Å²) in [7, 11) is 0. The average molecular weight is 571 g/mol. The quantitative estimate of drug-likeness (QED) is 0.205. The van der Waals surface area contributed by atoms with Crippen LogP contribution in [0.15, 0.2) is 11.1 Å². The number of aliphatic hydroxyl groups excluding tert-OH is 3. The maximum absolute atomic E-state index is 12.6. The van der Waals surface area contributed by atoms with Gasteiger partial charge in [-0.3, -0.25) is 19.2 Å². The third-order valence-electron chi connectivity index (χ3n) is 9.30. The molecule has 12 heteroatoms. The topological polar surface area (TPSA) is 186 Å². The molecule has 0 aromatic rings. The van der Waals surface area contributed by atoms with Crippen LogP contribution in [0.5, 0.6) is 0 Å². The number of fused-ring (bicyclic) bond motifs is 3. The van der Waals surface area contributed by atoms with Crippen LogP contribution in [-0.2, 0) is 38.1 Å². The van der Waals surface area contributed by atoms with Crippen LogP contribution in [0.4, 0.5) is 0 Å². The fourth-order valence-electron chi connectivity index (χ4n) is 7.66. The predicted octanol–water partition coefficient (Wildman–Crippen LogP) is 0.561. The monoisotopic (exact) mass is 570 g/mol. The van der Waals surface area contributed by atoms with E-state index in [1.165, 1.54) is 20.8 Å². The van der Waals surface area contributed by atoms with Crippen LogP contribution in [0.25, 0.3) is 0 Å². The molecule has 0 aliphatic heterocycles. The first kappa shape index (κ1) is 32.0. The van der Waals surface area contributed by atoms with Gasteiger partial charge in [-0.25, -0.2) is 0 Å². The lowest BCUT2D eigenvalue weighted by Crippen LogP contribution is -2.75. The van der Waals surface area contributed by atoms with Gasteiger partial charge in [0, 0.05) is 40.0 Å². The number of hydrogen-bond acceptors (Lipinski definition) is 12. The van der Waals surface area contributed by atoms with Crippen LogP contribution in [0.3, 0.4) is 0 Å². The molecule has 226 valence electrons. The van der Waals surface area contributed by atoms with Crippen LogP contribution >= 0.6 is 0 Å². The van der Waals surface area contributed by atoms with Crippen molar-refractivity contribution >= 4 is 23.9 Å². The van der Waals surface area contributed by atoms with Crippen molar-refractivity contribution < 1.29 is 58.6 Å². The van der Waals surface area contributed by atoms with Gasteiger partial charge < -0.3 is 39.4 Å². The van der Waals surface area contributed by atoms with Crippen molar-refractivity contribution in [1.82, 2.24) is 0 Å². The second-order valence-electron chi connectivity index (χ2n) is 12.2. The van der Waals surface area contributed by atoms with E-state index in [-0.39, 0.29) is 12.8 Å². The average Bonchev–Trinajstić information content (AvgIpc) is 2.80. The molecule has 0 heterocycles. The number of carbonyl (C=O) groups is 4. The van der Waals surface area contributed by atoms with Gasteiger partial charge in [0.2, 0.25) is 0 Å². The van der Waals surface area contributed by atoms with E-state index in [1.54, 1.807) is 20.8 Å². The van der Waals surface area contributed by atoms with Crippen LogP contribution in [0.1, 0.15) is 68.2 Å². The van der Waals surface area contributed by atoms with Gasteiger partial charge in [-0.15, -0.1) is 0 Å². The normalized spacial score (nSPS) is 40.6. The van der Waals surface area contributed by atoms with Crippen LogP contribution in [0, 0.1) is 22.7 Å². The summed E-state index contributed by atoms with van der Waals surface area (Å²) < 4.78 is 23.0. The van der Waals surface area contributed by atoms with E-state index in [4.69, 9.17) is 18.9 Å². The maximum atomic E-state index is 12.6. The molecule has 2 fully saturated rings. The number of carbonyl (C=O) groups excluding carboxylic acids is 4. The fourth-order valence-corrected chi connectivity index (χ4v) is 7.66. The number of esters is 4. The van der Waals surface area contributed by atoms with Gasteiger partial charge in [0.05, 0.1) is 24.2 Å². The summed E-state index contributed by atoms with van der Waals surface area (Å²) >= 11 is 0. The van der Waals surface area contributed by atoms with E-state index in [1.807, 2.05) is 0 Å². The van der Waals surface area contributed by atoms with Gasteiger partial charge in [-0.1, -0.05) is 20.8 Å². The first-order valence-corrected chi connectivity index (χ1v) is 13.4. The number of ether oxygens (including phenoxy) is 4. The molecule has 3 aliphatic rings. The lowest BCUT2D eigenvalue weighted by atomic mass is 9.46. The van der Waals surface area contributed by atoms with E-state index in [0.717, 1.165) is 13.8 Å². The van der Waals surface area contributed by atoms with Crippen molar-refractivity contribution in [3.63, 3.8) is 0 Å². The smallest absolute Gasteiger partial charge is 0.303 e. The van der Waals surface area contributed by atoms with Crippen molar-refractivity contribution in [2.45, 2.75) is 110 Å². The van der Waals surface area contributed by atoms with Crippen molar-refractivity contribution in [3.8, 4) is 0 Å². The predicted molar refractivity (Wildman–Crippen MR) is 137 cm³/mol. The van der Waals surface area contributed by atoms with Crippen molar-refractivity contribution in [3.05, 3.63) is 11.1 Å². The molecule has 0 radical (unpaired) electrons. The molecule has 2 bridgehead atoms. The molecule has 0 saturated heterocycles. The van der Waals surface area contributed by atoms with Gasteiger partial charge in [-0.05, 0) is 35.8 Å². The second kappa shape index (κ2) is 11.0. The van der Waals surface area contributed by atoms with Gasteiger partial charge in [0.1, 0.15) is 17.8 Å². The van der Waals surface area contributed by atoms with Crippen molar-refractivity contribution in [2.24, 2.45) is 22.7 Å². The highest BCUT2D eigenvalue weighted by Crippen LogP contribution is 2.61. The van der Waals surface area contributed by atoms with Gasteiger partial charge >= 0.3 is 23.9 Å². The minimum absolute atomic E-state index is 0.0938. The second-order valence-corrected chi connectivity index (χ2v) is 12.2. The molecular weight excluding hydrogens is 528 g/mol. The standard InChI is InChI=1S/C28H42O12/c1-12-18(37-13(2)30)9-17-22(35)24-27(8,20(38-14(3)31)10-19(34)28(24,36)11-29)25(40-16(5)33)23(39-15(4)32)21(12)26(17,6)7/h17-20,22-25,29,34-36H,9-11H2,1-8H3/t17-,18-,19-,20-,22+,23+,24-,25-,27+,28-/m0/s1. The Hall–Kier alpha value is -2.54. The summed E-state index contributed by atoms with van der Waals surface area (Å²) in [6, 6.07) is 0. The summed E-state index contributed by atoms with van der Waals surface area (Å²) in [5, 5.41) is 45.6. The van der Waals surface area contributed by atoms with Gasteiger partial charge in [0.25, 0.3) is 0 Å². The molecule has 40 heavy (non-hydrogen) atoms. The van der Waals surface area contributed by atoms with E-state index in [9.17, 15) is 39.6 Å². The third kappa shape index (κ3) is 5.15. The summed E-state index contributed by atoms with van der Waals surface area (Å²) in [4.78, 5) is 49.5. The van der Waals surface area contributed by atoms with E-state index < -0.39 is 95.4 Å². The highest BCUT2D eigenvalue weighted by Gasteiger charge is 2.71. The number of hydrogen-bond donors (Lipinski definition) is 4. The summed E-state index contributed by atoms with van der Waals surface area (Å²) in [6.45, 7) is 10.5. The molecule has 4 N–H and O–H groups in total. The molecule has 0 spiro atoms. The van der Waals surface area contributed by atoms with E-state index in [0.29, 0.717) is 11.1 Å². The highest BCUT2D eigenvalue weighted by molar-refractivity contribution is 5.69. The molecular formula is C28H42O12. The Kier molecular flexibility index (Phi) is 8.82. The van der Waals surface area contributed by atoms with Crippen LogP contribution in [0.2, 0.25) is 0 Å². The zero-order valence-corrected chi connectivity index (χ0v) is 24.3. The van der Waals surface area contributed by atoms with Crippen molar-refractivity contribution in [2.75, 3.05) is 6.61 Å². The third-order valence-corrected chi connectivity index (χ3v) is 9.30. The molecule has 3 aliphatic carbocycles. The van der Waals surface area contributed by atoms with Crippen molar-refractivity contribution in [1.29, 1.82) is 0 Å².